The summed E-state index contributed by atoms with van der Waals surface area (Å²) in [4.78, 5) is 14.0. The predicted octanol–water partition coefficient (Wildman–Crippen LogP) is 12.8. The normalized spacial score (nSPS) is 12.2. The first-order valence-corrected chi connectivity index (χ1v) is 22.6. The van der Waals surface area contributed by atoms with Crippen LogP contribution in [0.25, 0.3) is 0 Å². The molecular weight excluding hydrogens is 761 g/mol. The molecule has 1 saturated heterocycles. The van der Waals surface area contributed by atoms with E-state index in [1.165, 1.54) is 70.6 Å². The Morgan fingerprint density at radius 3 is 1.35 bits per heavy atom. The molecule has 0 amide bonds. The van der Waals surface area contributed by atoms with Crippen molar-refractivity contribution in [2.75, 3.05) is 18.0 Å². The summed E-state index contributed by atoms with van der Waals surface area (Å²) in [5.74, 6) is 2.39. The fourth-order valence-electron chi connectivity index (χ4n) is 7.18. The van der Waals surface area contributed by atoms with Gasteiger partial charge in [-0.1, -0.05) is 146 Å². The lowest BCUT2D eigenvalue weighted by Gasteiger charge is -2.18. The molecule has 1 fully saturated rings. The number of hydrogen-bond acceptors (Lipinski definition) is 4. The minimum absolute atomic E-state index is 0.0421. The van der Waals surface area contributed by atoms with Crippen molar-refractivity contribution in [3.8, 4) is 0 Å². The lowest BCUT2D eigenvalue weighted by atomic mass is 10.0. The molecule has 0 bridgehead atoms. The number of pyridine rings is 1. The lowest BCUT2D eigenvalue weighted by molar-refractivity contribution is 0.686. The van der Waals surface area contributed by atoms with Crippen LogP contribution in [0, 0.1) is 6.92 Å². The minimum Gasteiger partial charge on any atom is -0.372 e. The van der Waals surface area contributed by atoms with Gasteiger partial charge in [0.1, 0.15) is 0 Å². The van der Waals surface area contributed by atoms with Crippen LogP contribution in [0.5, 0.6) is 0 Å². The van der Waals surface area contributed by atoms with E-state index in [0.717, 1.165) is 18.7 Å². The van der Waals surface area contributed by atoms with Gasteiger partial charge in [-0.05, 0) is 112 Å². The van der Waals surface area contributed by atoms with Gasteiger partial charge in [0.2, 0.25) is 0 Å². The van der Waals surface area contributed by atoms with Gasteiger partial charge in [-0.25, -0.2) is 0 Å². The monoisotopic (exact) mass is 831 g/mol. The molecule has 0 atom stereocenters. The van der Waals surface area contributed by atoms with Crippen molar-refractivity contribution < 1.29 is 0 Å². The summed E-state index contributed by atoms with van der Waals surface area (Å²) in [6.45, 7) is 24.6. The van der Waals surface area contributed by atoms with Crippen molar-refractivity contribution >= 4 is 5.69 Å². The number of nitrogens with zero attached hydrogens (tertiary/aromatic N) is 6. The quantitative estimate of drug-likeness (QED) is 0.130. The van der Waals surface area contributed by atoms with Gasteiger partial charge in [0, 0.05) is 49.6 Å². The van der Waals surface area contributed by atoms with Crippen molar-refractivity contribution in [2.24, 2.45) is 0 Å². The van der Waals surface area contributed by atoms with Gasteiger partial charge in [0.25, 0.3) is 5.56 Å². The molecule has 0 N–H and O–H groups in total. The zero-order valence-electron chi connectivity index (χ0n) is 38.8. The van der Waals surface area contributed by atoms with E-state index in [-0.39, 0.29) is 5.56 Å². The van der Waals surface area contributed by atoms with Crippen LogP contribution >= 0.6 is 0 Å². The van der Waals surface area contributed by atoms with E-state index in [2.05, 4.69) is 181 Å². The van der Waals surface area contributed by atoms with Crippen LogP contribution in [0.4, 0.5) is 5.69 Å². The first-order valence-electron chi connectivity index (χ1n) is 22.6. The van der Waals surface area contributed by atoms with Crippen molar-refractivity contribution in [3.63, 3.8) is 0 Å². The third-order valence-electron chi connectivity index (χ3n) is 11.2. The number of anilines is 1. The van der Waals surface area contributed by atoms with Crippen molar-refractivity contribution in [1.29, 1.82) is 0 Å². The molecule has 7 nitrogen and oxygen atoms in total. The average molecular weight is 831 g/mol. The zero-order chi connectivity index (χ0) is 44.4. The van der Waals surface area contributed by atoms with Crippen molar-refractivity contribution in [1.82, 2.24) is 24.1 Å². The van der Waals surface area contributed by atoms with Crippen LogP contribution in [0.15, 0.2) is 157 Å². The maximum absolute atomic E-state index is 11.6. The summed E-state index contributed by atoms with van der Waals surface area (Å²) in [5, 5.41) is 8.47. The van der Waals surface area contributed by atoms with E-state index in [1.807, 2.05) is 46.3 Å². The van der Waals surface area contributed by atoms with Gasteiger partial charge < -0.3 is 9.47 Å². The van der Waals surface area contributed by atoms with Gasteiger partial charge in [-0.3, -0.25) is 14.2 Å². The van der Waals surface area contributed by atoms with Gasteiger partial charge in [-0.15, -0.1) is 0 Å². The lowest BCUT2D eigenvalue weighted by Crippen LogP contribution is -2.18. The van der Waals surface area contributed by atoms with Crippen LogP contribution < -0.4 is 10.5 Å². The maximum Gasteiger partial charge on any atom is 0.250 e. The first kappa shape index (κ1) is 47.1. The zero-order valence-corrected chi connectivity index (χ0v) is 38.8. The molecule has 0 unspecified atom stereocenters. The molecule has 1 aliphatic rings. The highest BCUT2D eigenvalue weighted by atomic mass is 16.1. The summed E-state index contributed by atoms with van der Waals surface area (Å²) in [6, 6.07) is 42.2. The summed E-state index contributed by atoms with van der Waals surface area (Å²) in [7, 11) is 0. The fourth-order valence-corrected chi connectivity index (χ4v) is 7.18. The second-order valence-corrected chi connectivity index (χ2v) is 17.7. The van der Waals surface area contributed by atoms with E-state index in [1.54, 1.807) is 16.7 Å². The molecular formula is C55H70N6O. The second kappa shape index (κ2) is 23.9. The smallest absolute Gasteiger partial charge is 0.250 e. The number of aromatic nitrogens is 5. The van der Waals surface area contributed by atoms with Crippen LogP contribution in [-0.4, -0.2) is 37.2 Å². The third kappa shape index (κ3) is 15.2. The minimum atomic E-state index is 0.0421. The largest absolute Gasteiger partial charge is 0.372 e. The summed E-state index contributed by atoms with van der Waals surface area (Å²) in [5.41, 5.74) is 11.9. The number of aryl methyl sites for hydroxylation is 1. The second-order valence-electron chi connectivity index (χ2n) is 17.7. The number of benzene rings is 4. The highest BCUT2D eigenvalue weighted by Gasteiger charge is 2.12. The molecule has 8 rings (SSSR count). The molecule has 4 aromatic carbocycles. The molecule has 7 aromatic rings. The van der Waals surface area contributed by atoms with Gasteiger partial charge in [0.15, 0.2) is 0 Å². The first-order chi connectivity index (χ1) is 29.8. The molecule has 0 saturated carbocycles. The van der Waals surface area contributed by atoms with Crippen LogP contribution in [0.1, 0.15) is 136 Å². The predicted molar refractivity (Wildman–Crippen MR) is 261 cm³/mol. The Bertz CT molecular complexity index is 2340. The topological polar surface area (TPSA) is 60.9 Å². The third-order valence-corrected chi connectivity index (χ3v) is 11.2. The molecule has 326 valence electrons. The SMILES string of the molecule is CC(C)c1ccc(Cn2ccccc2=O)cc1.CC(C)c1ccc(Cn2cccn2)cc1.CC(C)c1ccc(N2CCCC2)cc1.Cc1cnn(Cc2ccc(C(C)C)cc2)c1. The Hall–Kier alpha value is -5.95. The Morgan fingerprint density at radius 1 is 0.500 bits per heavy atom. The molecule has 0 aliphatic carbocycles. The highest BCUT2D eigenvalue weighted by molar-refractivity contribution is 5.48. The fraction of sp³-hybridized carbons (Fsp3) is 0.364. The highest BCUT2D eigenvalue weighted by Crippen LogP contribution is 2.23. The maximum atomic E-state index is 11.6. The van der Waals surface area contributed by atoms with E-state index in [0.29, 0.717) is 30.2 Å². The van der Waals surface area contributed by atoms with Crippen LogP contribution in [-0.2, 0) is 19.6 Å². The molecule has 7 heteroatoms. The molecule has 4 heterocycles. The summed E-state index contributed by atoms with van der Waals surface area (Å²) >= 11 is 0. The molecule has 1 aliphatic heterocycles. The number of hydrogen-bond donors (Lipinski definition) is 0. The van der Waals surface area contributed by atoms with E-state index in [4.69, 9.17) is 0 Å². The summed E-state index contributed by atoms with van der Waals surface area (Å²) in [6.07, 6.45) is 12.3. The Morgan fingerprint density at radius 2 is 0.952 bits per heavy atom. The van der Waals surface area contributed by atoms with Crippen molar-refractivity contribution in [3.05, 3.63) is 207 Å². The van der Waals surface area contributed by atoms with Gasteiger partial charge >= 0.3 is 0 Å². The Labute approximate surface area is 372 Å². The molecule has 0 radical (unpaired) electrons. The van der Waals surface area contributed by atoms with Crippen molar-refractivity contribution in [2.45, 2.75) is 118 Å². The van der Waals surface area contributed by atoms with E-state index < -0.39 is 0 Å². The molecule has 3 aromatic heterocycles. The Kier molecular flexibility index (Phi) is 18.1. The summed E-state index contributed by atoms with van der Waals surface area (Å²) < 4.78 is 5.62. The molecule has 0 spiro atoms. The standard InChI is InChI=1S/C15H17NO.C14H18N2.C13H16N2.C13H19N/c1-12(2)14-8-6-13(7-9-14)11-16-10-4-3-5-15(16)17;1-11(2)14-6-4-13(5-7-14)10-16-9-12(3)8-15-16;1-11(2)13-6-4-12(5-7-13)10-15-9-3-8-14-15;1-11(2)12-5-7-13(8-6-12)14-9-3-4-10-14/h3-10,12H,11H2,1-2H3;4-9,11H,10H2,1-3H3;3-9,11H,10H2,1-2H3;5-8,11H,3-4,9-10H2,1-2H3. The van der Waals surface area contributed by atoms with E-state index >= 15 is 0 Å². The van der Waals surface area contributed by atoms with Gasteiger partial charge in [0.05, 0.1) is 25.8 Å². The van der Waals surface area contributed by atoms with Gasteiger partial charge in [-0.2, -0.15) is 10.2 Å². The molecule has 62 heavy (non-hydrogen) atoms. The van der Waals surface area contributed by atoms with E-state index in [9.17, 15) is 4.79 Å². The number of rotatable bonds is 11. The van der Waals surface area contributed by atoms with Crippen LogP contribution in [0.2, 0.25) is 0 Å². The average Bonchev–Trinajstić information content (AvgIpc) is 4.08. The van der Waals surface area contributed by atoms with Crippen LogP contribution in [0.3, 0.4) is 0 Å². The Balaban J connectivity index is 0.000000156.